The second-order valence-corrected chi connectivity index (χ2v) is 14.9. The van der Waals surface area contributed by atoms with Gasteiger partial charge in [-0.15, -0.1) is 0 Å². The molecular weight excluding hydrogens is 803 g/mol. The molecule has 0 atom stereocenters. The summed E-state index contributed by atoms with van der Waals surface area (Å²) in [6, 6.07) is 14.1. The highest BCUT2D eigenvalue weighted by Crippen LogP contribution is 2.39. The summed E-state index contributed by atoms with van der Waals surface area (Å²) in [5.41, 5.74) is 5.44. The number of aryl methyl sites for hydroxylation is 2. The summed E-state index contributed by atoms with van der Waals surface area (Å²) in [4.78, 5) is 51.0. The van der Waals surface area contributed by atoms with Gasteiger partial charge < -0.3 is 62.3 Å². The van der Waals surface area contributed by atoms with Crippen molar-refractivity contribution in [3.05, 3.63) is 101 Å². The number of benzene rings is 2. The van der Waals surface area contributed by atoms with Crippen LogP contribution >= 0.6 is 0 Å². The van der Waals surface area contributed by atoms with Crippen LogP contribution in [0.3, 0.4) is 0 Å². The first kappa shape index (κ1) is 43.6. The number of methoxy groups -OCH3 is 1. The topological polar surface area (TPSA) is 164 Å². The lowest BCUT2D eigenvalue weighted by Crippen LogP contribution is -2.50. The van der Waals surface area contributed by atoms with Crippen LogP contribution in [-0.4, -0.2) is 123 Å². The Labute approximate surface area is 358 Å². The highest BCUT2D eigenvalue weighted by Gasteiger charge is 2.52. The fourth-order valence-corrected chi connectivity index (χ4v) is 7.69. The van der Waals surface area contributed by atoms with Gasteiger partial charge in [-0.1, -0.05) is 12.1 Å². The van der Waals surface area contributed by atoms with Gasteiger partial charge in [-0.05, 0) is 61.5 Å². The van der Waals surface area contributed by atoms with E-state index in [-0.39, 0.29) is 62.8 Å². The number of allylic oxidation sites excluding steroid dienone is 2. The number of carbonyl (C=O) groups excluding carboxylic acids is 3. The van der Waals surface area contributed by atoms with Crippen molar-refractivity contribution in [2.24, 2.45) is 0 Å². The molecule has 4 aromatic rings. The molecule has 0 unspecified atom stereocenters. The number of aromatic nitrogens is 3. The van der Waals surface area contributed by atoms with E-state index >= 15 is 8.63 Å². The lowest BCUT2D eigenvalue weighted by Gasteiger charge is -2.30. The van der Waals surface area contributed by atoms with E-state index < -0.39 is 6.97 Å². The Morgan fingerprint density at radius 2 is 1.58 bits per heavy atom. The van der Waals surface area contributed by atoms with Crippen LogP contribution in [0.4, 0.5) is 37.5 Å². The SMILES string of the molecule is COc1cc(C(=O)NCCOCCOCCOCCNC(=O)CCC2=[N+]3C(=Cc4c(C)cc(C)n4[B-]3(F)F)C=C2)ccc1Nc1ncc2c(n1)N(C)c1ccccc1C(=O)N2C. The zero-order valence-electron chi connectivity index (χ0n) is 35.4. The van der Waals surface area contributed by atoms with E-state index in [0.29, 0.717) is 83.3 Å². The maximum absolute atomic E-state index is 15.6. The van der Waals surface area contributed by atoms with Crippen molar-refractivity contribution in [2.75, 3.05) is 89.1 Å². The molecule has 326 valence electrons. The van der Waals surface area contributed by atoms with Gasteiger partial charge in [-0.3, -0.25) is 14.4 Å². The van der Waals surface area contributed by atoms with Crippen molar-refractivity contribution in [2.45, 2.75) is 26.7 Å². The normalized spacial score (nSPS) is 14.8. The molecule has 0 spiro atoms. The lowest BCUT2D eigenvalue weighted by molar-refractivity contribution is -0.362. The fraction of sp³-hybridized carbons (Fsp3) is 0.349. The standard InChI is InChI=1S/C43H50BF2N9O7/c1-28-24-29(2)54-36(28)26-32-12-11-31(55(32)44(54,45)46)13-15-39(56)47-16-18-60-20-22-62-23-21-61-19-17-48-41(57)30-10-14-34(38(25-30)59-5)50-43-49-27-37-40(51-43)52(3)35-9-7-6-8-33(35)42(58)53(37)4/h6-12,14,24-27H,13,15-23H2,1-5H3,(H,47,56)(H,48,57)(H,49,50,51). The molecule has 0 aliphatic carbocycles. The van der Waals surface area contributed by atoms with Crippen molar-refractivity contribution in [3.63, 3.8) is 0 Å². The molecule has 3 aliphatic rings. The predicted octanol–water partition coefficient (Wildman–Crippen LogP) is 4.98. The van der Waals surface area contributed by atoms with E-state index in [9.17, 15) is 14.4 Å². The highest BCUT2D eigenvalue weighted by atomic mass is 19.2. The Bertz CT molecular complexity index is 2460. The number of fused-ring (bicyclic) bond motifs is 4. The third-order valence-corrected chi connectivity index (χ3v) is 10.8. The molecule has 7 rings (SSSR count). The van der Waals surface area contributed by atoms with Gasteiger partial charge in [0.2, 0.25) is 11.9 Å². The Morgan fingerprint density at radius 3 is 2.32 bits per heavy atom. The van der Waals surface area contributed by atoms with Gasteiger partial charge in [-0.2, -0.15) is 4.98 Å². The second-order valence-electron chi connectivity index (χ2n) is 14.9. The van der Waals surface area contributed by atoms with Gasteiger partial charge in [0.25, 0.3) is 11.8 Å². The molecule has 0 saturated carbocycles. The number of nitrogens with zero attached hydrogens (tertiary/aromatic N) is 6. The number of hydrogen-bond donors (Lipinski definition) is 3. The van der Waals surface area contributed by atoms with Crippen LogP contribution in [0.1, 0.15) is 50.5 Å². The lowest BCUT2D eigenvalue weighted by atomic mass is 9.90. The van der Waals surface area contributed by atoms with Crippen molar-refractivity contribution < 1.29 is 46.4 Å². The molecule has 62 heavy (non-hydrogen) atoms. The van der Waals surface area contributed by atoms with Crippen LogP contribution in [0.25, 0.3) is 6.08 Å². The fourth-order valence-electron chi connectivity index (χ4n) is 7.69. The van der Waals surface area contributed by atoms with Crippen LogP contribution < -0.4 is 30.5 Å². The number of para-hydroxylation sites is 1. The van der Waals surface area contributed by atoms with Crippen LogP contribution in [0.5, 0.6) is 5.75 Å². The summed E-state index contributed by atoms with van der Waals surface area (Å²) < 4.78 is 55.5. The van der Waals surface area contributed by atoms with Gasteiger partial charge in [0, 0.05) is 69.5 Å². The Balaban J connectivity index is 0.747. The number of carbonyl (C=O) groups is 3. The Kier molecular flexibility index (Phi) is 13.4. The summed E-state index contributed by atoms with van der Waals surface area (Å²) in [6.45, 7) is 1.87. The smallest absolute Gasteiger partial charge is 0.495 e. The van der Waals surface area contributed by atoms with Crippen LogP contribution in [-0.2, 0) is 19.0 Å². The van der Waals surface area contributed by atoms with Crippen molar-refractivity contribution >= 4 is 65.3 Å². The van der Waals surface area contributed by atoms with Gasteiger partial charge in [0.05, 0.1) is 69.9 Å². The summed E-state index contributed by atoms with van der Waals surface area (Å²) >= 11 is 0. The molecule has 16 nitrogen and oxygen atoms in total. The van der Waals surface area contributed by atoms with Crippen LogP contribution in [0.2, 0.25) is 0 Å². The minimum Gasteiger partial charge on any atom is -0.495 e. The number of rotatable bonds is 19. The maximum atomic E-state index is 15.6. The van der Waals surface area contributed by atoms with E-state index in [1.54, 1.807) is 68.7 Å². The predicted molar refractivity (Wildman–Crippen MR) is 232 cm³/mol. The quantitative estimate of drug-likeness (QED) is 0.0862. The van der Waals surface area contributed by atoms with Gasteiger partial charge >= 0.3 is 6.97 Å². The Hall–Kier alpha value is -6.44. The first-order chi connectivity index (χ1) is 29.9. The average Bonchev–Trinajstić information content (AvgIpc) is 3.81. The zero-order valence-corrected chi connectivity index (χ0v) is 35.4. The molecule has 2 aromatic heterocycles. The maximum Gasteiger partial charge on any atom is 0.737 e. The Morgan fingerprint density at radius 1 is 0.871 bits per heavy atom. The minimum absolute atomic E-state index is 0.0751. The number of nitrogens with one attached hydrogen (secondary N) is 3. The van der Waals surface area contributed by atoms with E-state index in [2.05, 4.69) is 20.9 Å². The van der Waals surface area contributed by atoms with Crippen LogP contribution in [0.15, 0.2) is 72.6 Å². The molecule has 3 aliphatic heterocycles. The summed E-state index contributed by atoms with van der Waals surface area (Å²) in [7, 11) is 5.03. The van der Waals surface area contributed by atoms with Gasteiger partial charge in [0.1, 0.15) is 17.1 Å². The number of amides is 3. The molecule has 5 heterocycles. The minimum atomic E-state index is -4.06. The molecule has 0 fully saturated rings. The van der Waals surface area contributed by atoms with Gasteiger partial charge in [-0.25, -0.2) is 4.98 Å². The number of ether oxygens (including phenoxy) is 4. The largest absolute Gasteiger partial charge is 0.737 e. The molecule has 2 aromatic carbocycles. The number of hydrogen-bond acceptors (Lipinski definition) is 11. The molecular formula is C43H50BF2N9O7. The zero-order chi connectivity index (χ0) is 44.0. The molecule has 0 saturated heterocycles. The second kappa shape index (κ2) is 19.1. The average molecular weight is 854 g/mol. The van der Waals surface area contributed by atoms with E-state index in [4.69, 9.17) is 23.9 Å². The first-order valence-corrected chi connectivity index (χ1v) is 20.4. The van der Waals surface area contributed by atoms with E-state index in [1.807, 2.05) is 37.1 Å². The van der Waals surface area contributed by atoms with Gasteiger partial charge in [0.15, 0.2) is 11.5 Å². The highest BCUT2D eigenvalue weighted by molar-refractivity contribution is 6.58. The third-order valence-electron chi connectivity index (χ3n) is 10.8. The molecule has 0 bridgehead atoms. The molecule has 3 N–H and O–H groups in total. The molecule has 19 heteroatoms. The summed E-state index contributed by atoms with van der Waals surface area (Å²) in [5.74, 6) is 0.519. The first-order valence-electron chi connectivity index (χ1n) is 20.4. The molecule has 3 amide bonds. The number of anilines is 5. The summed E-state index contributed by atoms with van der Waals surface area (Å²) in [5, 5.41) is 8.77. The van der Waals surface area contributed by atoms with Crippen LogP contribution in [0, 0.1) is 13.8 Å². The summed E-state index contributed by atoms with van der Waals surface area (Å²) in [6.07, 6.45) is 6.95. The third kappa shape index (κ3) is 9.24. The van der Waals surface area contributed by atoms with E-state index in [0.717, 1.165) is 20.2 Å². The van der Waals surface area contributed by atoms with E-state index in [1.165, 1.54) is 12.0 Å². The monoisotopic (exact) mass is 853 g/mol. The number of halogens is 2. The van der Waals surface area contributed by atoms with Crippen molar-refractivity contribution in [3.8, 4) is 5.75 Å². The van der Waals surface area contributed by atoms with Crippen molar-refractivity contribution in [1.29, 1.82) is 0 Å². The molecule has 0 radical (unpaired) electrons. The van der Waals surface area contributed by atoms with Crippen molar-refractivity contribution in [1.82, 2.24) is 25.1 Å².